The van der Waals surface area contributed by atoms with Crippen molar-refractivity contribution in [1.29, 1.82) is 0 Å². The van der Waals surface area contributed by atoms with Gasteiger partial charge in [0.1, 0.15) is 5.82 Å². The maximum absolute atomic E-state index is 13.3. The standard InChI is InChI=1S/C17H17FO/c1-11-7-8-13(18)9-14(11)17(19)16-10-15(16)12-5-3-2-4-6-12/h2-9,15-17,19H,10H2,1H3. The Balaban J connectivity index is 1.80. The summed E-state index contributed by atoms with van der Waals surface area (Å²) in [6, 6.07) is 14.8. The van der Waals surface area contributed by atoms with Crippen LogP contribution in [0.2, 0.25) is 0 Å². The predicted octanol–water partition coefficient (Wildman–Crippen LogP) is 3.97. The van der Waals surface area contributed by atoms with Crippen LogP contribution >= 0.6 is 0 Å². The summed E-state index contributed by atoms with van der Waals surface area (Å²) in [5.74, 6) is 0.332. The molecule has 1 nitrogen and oxygen atoms in total. The molecule has 2 aromatic rings. The number of hydrogen-bond acceptors (Lipinski definition) is 1. The van der Waals surface area contributed by atoms with E-state index in [0.29, 0.717) is 5.92 Å². The molecule has 0 radical (unpaired) electrons. The Hall–Kier alpha value is -1.67. The lowest BCUT2D eigenvalue weighted by molar-refractivity contribution is 0.150. The molecule has 1 fully saturated rings. The summed E-state index contributed by atoms with van der Waals surface area (Å²) in [4.78, 5) is 0. The molecule has 19 heavy (non-hydrogen) atoms. The molecule has 0 amide bonds. The van der Waals surface area contributed by atoms with Crippen molar-refractivity contribution in [2.45, 2.75) is 25.4 Å². The Morgan fingerprint density at radius 1 is 1.16 bits per heavy atom. The number of rotatable bonds is 3. The first-order valence-electron chi connectivity index (χ1n) is 6.66. The molecule has 3 unspecified atom stereocenters. The minimum atomic E-state index is -0.569. The average Bonchev–Trinajstić information content (AvgIpc) is 3.22. The fraction of sp³-hybridized carbons (Fsp3) is 0.294. The van der Waals surface area contributed by atoms with Crippen molar-refractivity contribution in [1.82, 2.24) is 0 Å². The van der Waals surface area contributed by atoms with Crippen LogP contribution in [0.3, 0.4) is 0 Å². The van der Waals surface area contributed by atoms with Crippen molar-refractivity contribution >= 4 is 0 Å². The first kappa shape index (κ1) is 12.4. The number of hydrogen-bond donors (Lipinski definition) is 1. The van der Waals surface area contributed by atoms with Gasteiger partial charge in [0.2, 0.25) is 0 Å². The maximum atomic E-state index is 13.3. The van der Waals surface area contributed by atoms with Crippen molar-refractivity contribution in [3.05, 3.63) is 71.0 Å². The van der Waals surface area contributed by atoms with Crippen LogP contribution in [0.4, 0.5) is 4.39 Å². The predicted molar refractivity (Wildman–Crippen MR) is 73.4 cm³/mol. The molecule has 0 aromatic heterocycles. The summed E-state index contributed by atoms with van der Waals surface area (Å²) in [5, 5.41) is 10.4. The lowest BCUT2D eigenvalue weighted by Crippen LogP contribution is -2.04. The summed E-state index contributed by atoms with van der Waals surface area (Å²) < 4.78 is 13.3. The monoisotopic (exact) mass is 256 g/mol. The minimum Gasteiger partial charge on any atom is -0.388 e. The highest BCUT2D eigenvalue weighted by Gasteiger charge is 2.44. The van der Waals surface area contributed by atoms with E-state index in [9.17, 15) is 9.50 Å². The van der Waals surface area contributed by atoms with E-state index in [4.69, 9.17) is 0 Å². The maximum Gasteiger partial charge on any atom is 0.123 e. The molecule has 3 atom stereocenters. The van der Waals surface area contributed by atoms with Gasteiger partial charge in [-0.05, 0) is 54.0 Å². The third-order valence-electron chi connectivity index (χ3n) is 4.03. The summed E-state index contributed by atoms with van der Waals surface area (Å²) in [6.45, 7) is 1.91. The summed E-state index contributed by atoms with van der Waals surface area (Å²) >= 11 is 0. The first-order chi connectivity index (χ1) is 9.16. The Bertz CT molecular complexity index is 579. The van der Waals surface area contributed by atoms with Gasteiger partial charge < -0.3 is 5.11 Å². The van der Waals surface area contributed by atoms with Crippen molar-refractivity contribution in [2.75, 3.05) is 0 Å². The van der Waals surface area contributed by atoms with Crippen LogP contribution in [-0.2, 0) is 0 Å². The quantitative estimate of drug-likeness (QED) is 0.881. The first-order valence-corrected chi connectivity index (χ1v) is 6.66. The molecule has 1 N–H and O–H groups in total. The van der Waals surface area contributed by atoms with E-state index in [-0.39, 0.29) is 11.7 Å². The highest BCUT2D eigenvalue weighted by atomic mass is 19.1. The van der Waals surface area contributed by atoms with E-state index < -0.39 is 6.10 Å². The SMILES string of the molecule is Cc1ccc(F)cc1C(O)C1CC1c1ccccc1. The molecular formula is C17H17FO. The van der Waals surface area contributed by atoms with Crippen LogP contribution in [0.25, 0.3) is 0 Å². The molecule has 1 aliphatic rings. The number of aliphatic hydroxyl groups excluding tert-OH is 1. The largest absolute Gasteiger partial charge is 0.388 e. The molecule has 0 spiro atoms. The molecule has 3 rings (SSSR count). The Kier molecular flexibility index (Phi) is 3.11. The highest BCUT2D eigenvalue weighted by Crippen LogP contribution is 2.54. The van der Waals surface area contributed by atoms with Crippen LogP contribution in [-0.4, -0.2) is 5.11 Å². The second-order valence-electron chi connectivity index (χ2n) is 5.36. The molecule has 0 heterocycles. The topological polar surface area (TPSA) is 20.2 Å². The van der Waals surface area contributed by atoms with Crippen LogP contribution in [0.1, 0.15) is 35.1 Å². The van der Waals surface area contributed by atoms with Gasteiger partial charge in [0.05, 0.1) is 6.10 Å². The number of halogens is 1. The van der Waals surface area contributed by atoms with Crippen molar-refractivity contribution in [3.8, 4) is 0 Å². The number of aliphatic hydroxyl groups is 1. The number of benzene rings is 2. The Labute approximate surface area is 112 Å². The number of aryl methyl sites for hydroxylation is 1. The van der Waals surface area contributed by atoms with Crippen LogP contribution in [0.15, 0.2) is 48.5 Å². The molecule has 98 valence electrons. The summed E-state index contributed by atoms with van der Waals surface area (Å²) in [5.41, 5.74) is 2.94. The zero-order valence-electron chi connectivity index (χ0n) is 10.9. The van der Waals surface area contributed by atoms with Gasteiger partial charge >= 0.3 is 0 Å². The molecule has 0 bridgehead atoms. The fourth-order valence-corrected chi connectivity index (χ4v) is 2.81. The van der Waals surface area contributed by atoms with Gasteiger partial charge in [0.15, 0.2) is 0 Å². The highest BCUT2D eigenvalue weighted by molar-refractivity contribution is 5.33. The van der Waals surface area contributed by atoms with Gasteiger partial charge in [-0.2, -0.15) is 0 Å². The van der Waals surface area contributed by atoms with E-state index in [0.717, 1.165) is 17.5 Å². The van der Waals surface area contributed by atoms with E-state index >= 15 is 0 Å². The molecular weight excluding hydrogens is 239 g/mol. The second kappa shape index (κ2) is 4.78. The minimum absolute atomic E-state index is 0.211. The van der Waals surface area contributed by atoms with Crippen LogP contribution < -0.4 is 0 Å². The second-order valence-corrected chi connectivity index (χ2v) is 5.36. The van der Waals surface area contributed by atoms with Gasteiger partial charge in [0.25, 0.3) is 0 Å². The normalized spacial score (nSPS) is 23.1. The van der Waals surface area contributed by atoms with Crippen LogP contribution in [0.5, 0.6) is 0 Å². The Morgan fingerprint density at radius 2 is 1.89 bits per heavy atom. The molecule has 1 aliphatic carbocycles. The summed E-state index contributed by atoms with van der Waals surface area (Å²) in [6.07, 6.45) is 0.405. The van der Waals surface area contributed by atoms with E-state index in [1.807, 2.05) is 25.1 Å². The van der Waals surface area contributed by atoms with E-state index in [2.05, 4.69) is 12.1 Å². The smallest absolute Gasteiger partial charge is 0.123 e. The fourth-order valence-electron chi connectivity index (χ4n) is 2.81. The molecule has 2 aromatic carbocycles. The third-order valence-corrected chi connectivity index (χ3v) is 4.03. The van der Waals surface area contributed by atoms with Gasteiger partial charge in [-0.15, -0.1) is 0 Å². The zero-order chi connectivity index (χ0) is 13.4. The Morgan fingerprint density at radius 3 is 2.63 bits per heavy atom. The lowest BCUT2D eigenvalue weighted by Gasteiger charge is -2.14. The lowest BCUT2D eigenvalue weighted by atomic mass is 9.97. The molecule has 0 aliphatic heterocycles. The van der Waals surface area contributed by atoms with Gasteiger partial charge in [-0.3, -0.25) is 0 Å². The van der Waals surface area contributed by atoms with Crippen molar-refractivity contribution < 1.29 is 9.50 Å². The van der Waals surface area contributed by atoms with Gasteiger partial charge in [0, 0.05) is 0 Å². The van der Waals surface area contributed by atoms with Gasteiger partial charge in [-0.25, -0.2) is 4.39 Å². The average molecular weight is 256 g/mol. The van der Waals surface area contributed by atoms with Crippen molar-refractivity contribution in [2.24, 2.45) is 5.92 Å². The summed E-state index contributed by atoms with van der Waals surface area (Å²) in [7, 11) is 0. The van der Waals surface area contributed by atoms with Crippen molar-refractivity contribution in [3.63, 3.8) is 0 Å². The molecule has 1 saturated carbocycles. The van der Waals surface area contributed by atoms with E-state index in [1.165, 1.54) is 17.7 Å². The third kappa shape index (κ3) is 2.41. The van der Waals surface area contributed by atoms with E-state index in [1.54, 1.807) is 6.07 Å². The molecule has 2 heteroatoms. The van der Waals surface area contributed by atoms with Gasteiger partial charge in [-0.1, -0.05) is 36.4 Å². The zero-order valence-corrected chi connectivity index (χ0v) is 10.9. The van der Waals surface area contributed by atoms with Crippen LogP contribution in [0, 0.1) is 18.7 Å². The molecule has 0 saturated heterocycles.